The summed E-state index contributed by atoms with van der Waals surface area (Å²) in [5.41, 5.74) is 0. The van der Waals surface area contributed by atoms with Crippen LogP contribution in [0.4, 0.5) is 0 Å². The van der Waals surface area contributed by atoms with E-state index in [1.807, 2.05) is 0 Å². The molecule has 2 rings (SSSR count). The van der Waals surface area contributed by atoms with Gasteiger partial charge in [0.05, 0.1) is 6.10 Å². The van der Waals surface area contributed by atoms with Gasteiger partial charge in [0.1, 0.15) is 0 Å². The van der Waals surface area contributed by atoms with Crippen LogP contribution in [-0.4, -0.2) is 23.2 Å². The monoisotopic (exact) mass is 183 g/mol. The second-order valence-corrected chi connectivity index (χ2v) is 4.23. The van der Waals surface area contributed by atoms with Gasteiger partial charge in [-0.1, -0.05) is 0 Å². The zero-order chi connectivity index (χ0) is 9.26. The summed E-state index contributed by atoms with van der Waals surface area (Å²) in [5.74, 6) is 0.488. The van der Waals surface area contributed by atoms with E-state index in [0.717, 1.165) is 32.1 Å². The van der Waals surface area contributed by atoms with Gasteiger partial charge in [0.2, 0.25) is 5.91 Å². The molecule has 3 unspecified atom stereocenters. The van der Waals surface area contributed by atoms with Gasteiger partial charge in [-0.3, -0.25) is 4.79 Å². The van der Waals surface area contributed by atoms with Crippen LogP contribution in [0, 0.1) is 5.92 Å². The maximum absolute atomic E-state index is 11.3. The lowest BCUT2D eigenvalue weighted by molar-refractivity contribution is -0.121. The third-order valence-corrected chi connectivity index (χ3v) is 3.31. The highest BCUT2D eigenvalue weighted by Gasteiger charge is 2.34. The third-order valence-electron chi connectivity index (χ3n) is 3.31. The quantitative estimate of drug-likeness (QED) is 0.584. The standard InChI is InChI=1S/C10H17NO2/c12-9-5-2-4-8-7(9)3-1-6-10(13)11-8/h7-9,12H,1-6H2,(H,11,13). The molecule has 74 valence electrons. The minimum Gasteiger partial charge on any atom is -0.393 e. The van der Waals surface area contributed by atoms with Crippen molar-refractivity contribution in [2.45, 2.75) is 50.7 Å². The molecule has 1 heterocycles. The van der Waals surface area contributed by atoms with E-state index in [0.29, 0.717) is 12.3 Å². The van der Waals surface area contributed by atoms with Crippen LogP contribution < -0.4 is 5.32 Å². The second kappa shape index (κ2) is 3.66. The molecule has 1 aliphatic carbocycles. The lowest BCUT2D eigenvalue weighted by atomic mass is 9.80. The molecule has 0 aromatic heterocycles. The maximum Gasteiger partial charge on any atom is 0.220 e. The lowest BCUT2D eigenvalue weighted by Crippen LogP contribution is -2.45. The Bertz CT molecular complexity index is 205. The number of nitrogens with one attached hydrogen (secondary N) is 1. The van der Waals surface area contributed by atoms with Crippen LogP contribution in [-0.2, 0) is 4.79 Å². The molecule has 3 atom stereocenters. The summed E-state index contributed by atoms with van der Waals surface area (Å²) < 4.78 is 0. The van der Waals surface area contributed by atoms with Gasteiger partial charge in [-0.15, -0.1) is 0 Å². The maximum atomic E-state index is 11.3. The number of hydrogen-bond donors (Lipinski definition) is 2. The van der Waals surface area contributed by atoms with Crippen molar-refractivity contribution in [3.8, 4) is 0 Å². The Labute approximate surface area is 78.5 Å². The van der Waals surface area contributed by atoms with Crippen LogP contribution >= 0.6 is 0 Å². The van der Waals surface area contributed by atoms with Crippen molar-refractivity contribution in [3.63, 3.8) is 0 Å². The zero-order valence-corrected chi connectivity index (χ0v) is 7.83. The number of hydrogen-bond acceptors (Lipinski definition) is 2. The molecular weight excluding hydrogens is 166 g/mol. The summed E-state index contributed by atoms with van der Waals surface area (Å²) in [5, 5.41) is 12.8. The van der Waals surface area contributed by atoms with E-state index in [2.05, 4.69) is 5.32 Å². The fourth-order valence-corrected chi connectivity index (χ4v) is 2.59. The van der Waals surface area contributed by atoms with Crippen LogP contribution in [0.15, 0.2) is 0 Å². The Kier molecular flexibility index (Phi) is 2.54. The Morgan fingerprint density at radius 3 is 2.92 bits per heavy atom. The van der Waals surface area contributed by atoms with Crippen LogP contribution in [0.25, 0.3) is 0 Å². The third kappa shape index (κ3) is 1.85. The molecule has 1 saturated heterocycles. The van der Waals surface area contributed by atoms with Crippen LogP contribution in [0.5, 0.6) is 0 Å². The van der Waals surface area contributed by atoms with E-state index in [9.17, 15) is 9.90 Å². The summed E-state index contributed by atoms with van der Waals surface area (Å²) in [6.45, 7) is 0. The summed E-state index contributed by atoms with van der Waals surface area (Å²) >= 11 is 0. The predicted molar refractivity (Wildman–Crippen MR) is 49.1 cm³/mol. The van der Waals surface area contributed by atoms with Crippen LogP contribution in [0.3, 0.4) is 0 Å². The van der Waals surface area contributed by atoms with Gasteiger partial charge < -0.3 is 10.4 Å². The van der Waals surface area contributed by atoms with Gasteiger partial charge >= 0.3 is 0 Å². The number of carbonyl (C=O) groups excluding carboxylic acids is 1. The van der Waals surface area contributed by atoms with Crippen LogP contribution in [0.2, 0.25) is 0 Å². The number of aliphatic hydroxyl groups is 1. The van der Waals surface area contributed by atoms with Gasteiger partial charge in [-0.2, -0.15) is 0 Å². The largest absolute Gasteiger partial charge is 0.393 e. The van der Waals surface area contributed by atoms with Gasteiger partial charge in [-0.05, 0) is 32.1 Å². The highest BCUT2D eigenvalue weighted by atomic mass is 16.3. The number of rotatable bonds is 0. The number of aliphatic hydroxyl groups excluding tert-OH is 1. The lowest BCUT2D eigenvalue weighted by Gasteiger charge is -2.34. The van der Waals surface area contributed by atoms with Crippen molar-refractivity contribution < 1.29 is 9.90 Å². The molecule has 1 saturated carbocycles. The van der Waals surface area contributed by atoms with E-state index in [1.54, 1.807) is 0 Å². The number of amides is 1. The number of fused-ring (bicyclic) bond motifs is 1. The second-order valence-electron chi connectivity index (χ2n) is 4.23. The summed E-state index contributed by atoms with van der Waals surface area (Å²) in [6.07, 6.45) is 5.40. The molecule has 0 aromatic carbocycles. The first kappa shape index (κ1) is 9.00. The molecule has 3 nitrogen and oxygen atoms in total. The summed E-state index contributed by atoms with van der Waals surface area (Å²) in [6, 6.07) is 0.249. The van der Waals surface area contributed by atoms with E-state index in [-0.39, 0.29) is 18.1 Å². The van der Waals surface area contributed by atoms with E-state index < -0.39 is 0 Å². The predicted octanol–water partition coefficient (Wildman–Crippen LogP) is 0.816. The Morgan fingerprint density at radius 2 is 2.08 bits per heavy atom. The normalized spacial score (nSPS) is 40.4. The SMILES string of the molecule is O=C1CCCC2C(O)CCCC2N1. The van der Waals surface area contributed by atoms with Gasteiger partial charge in [0.25, 0.3) is 0 Å². The molecule has 0 bridgehead atoms. The molecule has 2 fully saturated rings. The van der Waals surface area contributed by atoms with Gasteiger partial charge in [0, 0.05) is 18.4 Å². The molecular formula is C10H17NO2. The Hall–Kier alpha value is -0.570. The first-order valence-corrected chi connectivity index (χ1v) is 5.25. The Balaban J connectivity index is 2.06. The van der Waals surface area contributed by atoms with Crippen molar-refractivity contribution in [2.75, 3.05) is 0 Å². The molecule has 1 aliphatic heterocycles. The first-order valence-electron chi connectivity index (χ1n) is 5.25. The highest BCUT2D eigenvalue weighted by molar-refractivity contribution is 5.76. The van der Waals surface area contributed by atoms with Gasteiger partial charge in [0.15, 0.2) is 0 Å². The fraction of sp³-hybridized carbons (Fsp3) is 0.900. The Morgan fingerprint density at radius 1 is 1.23 bits per heavy atom. The molecule has 0 aromatic rings. The highest BCUT2D eigenvalue weighted by Crippen LogP contribution is 2.30. The zero-order valence-electron chi connectivity index (χ0n) is 7.83. The molecule has 3 heteroatoms. The van der Waals surface area contributed by atoms with Crippen molar-refractivity contribution in [2.24, 2.45) is 5.92 Å². The molecule has 0 radical (unpaired) electrons. The molecule has 2 N–H and O–H groups in total. The average molecular weight is 183 g/mol. The molecule has 2 aliphatic rings. The topological polar surface area (TPSA) is 49.3 Å². The average Bonchev–Trinajstić information content (AvgIpc) is 2.27. The summed E-state index contributed by atoms with van der Waals surface area (Å²) in [4.78, 5) is 11.3. The van der Waals surface area contributed by atoms with Crippen molar-refractivity contribution in [1.82, 2.24) is 5.32 Å². The van der Waals surface area contributed by atoms with Crippen molar-refractivity contribution >= 4 is 5.91 Å². The van der Waals surface area contributed by atoms with Crippen molar-refractivity contribution in [1.29, 1.82) is 0 Å². The van der Waals surface area contributed by atoms with Gasteiger partial charge in [-0.25, -0.2) is 0 Å². The summed E-state index contributed by atoms with van der Waals surface area (Å²) in [7, 11) is 0. The fourth-order valence-electron chi connectivity index (χ4n) is 2.59. The molecule has 13 heavy (non-hydrogen) atoms. The first-order chi connectivity index (χ1) is 6.27. The van der Waals surface area contributed by atoms with Crippen molar-refractivity contribution in [3.05, 3.63) is 0 Å². The number of carbonyl (C=O) groups is 1. The minimum absolute atomic E-state index is 0.168. The molecule has 0 spiro atoms. The van der Waals surface area contributed by atoms with E-state index >= 15 is 0 Å². The minimum atomic E-state index is -0.183. The van der Waals surface area contributed by atoms with E-state index in [1.165, 1.54) is 0 Å². The van der Waals surface area contributed by atoms with E-state index in [4.69, 9.17) is 0 Å². The van der Waals surface area contributed by atoms with Crippen LogP contribution in [0.1, 0.15) is 38.5 Å². The molecule has 1 amide bonds. The smallest absolute Gasteiger partial charge is 0.220 e.